The Morgan fingerprint density at radius 2 is 2.19 bits per heavy atom. The summed E-state index contributed by atoms with van der Waals surface area (Å²) in [7, 11) is 1.45. The lowest BCUT2D eigenvalue weighted by molar-refractivity contribution is -0.137. The normalized spacial score (nSPS) is 12.5. The monoisotopic (exact) mass is 306 g/mol. The molecule has 1 aromatic heterocycles. The van der Waals surface area contributed by atoms with E-state index in [0.717, 1.165) is 6.07 Å². The highest BCUT2D eigenvalue weighted by Gasteiger charge is 2.35. The van der Waals surface area contributed by atoms with Gasteiger partial charge in [-0.2, -0.15) is 13.2 Å². The minimum atomic E-state index is -4.51. The van der Waals surface area contributed by atoms with Crippen molar-refractivity contribution in [2.75, 3.05) is 31.7 Å². The number of ether oxygens (including phenoxy) is 1. The molecule has 0 amide bonds. The Morgan fingerprint density at radius 3 is 2.76 bits per heavy atom. The Kier molecular flexibility index (Phi) is 6.22. The summed E-state index contributed by atoms with van der Waals surface area (Å²) >= 11 is 0. The lowest BCUT2D eigenvalue weighted by Gasteiger charge is -2.26. The third kappa shape index (κ3) is 5.10. The van der Waals surface area contributed by atoms with Crippen LogP contribution in [-0.2, 0) is 10.9 Å². The number of halogens is 3. The van der Waals surface area contributed by atoms with E-state index in [1.165, 1.54) is 24.3 Å². The Balaban J connectivity index is 3.02. The smallest absolute Gasteiger partial charge is 0.409 e. The summed E-state index contributed by atoms with van der Waals surface area (Å²) < 4.78 is 43.9. The minimum Gasteiger partial charge on any atom is -0.409 e. The van der Waals surface area contributed by atoms with Gasteiger partial charge >= 0.3 is 6.18 Å². The summed E-state index contributed by atoms with van der Waals surface area (Å²) in [5.74, 6) is -0.269. The number of hydrogen-bond donors (Lipinski definition) is 2. The summed E-state index contributed by atoms with van der Waals surface area (Å²) in [5, 5.41) is 11.3. The third-order valence-corrected chi connectivity index (χ3v) is 2.72. The van der Waals surface area contributed by atoms with Crippen molar-refractivity contribution in [2.24, 2.45) is 10.9 Å². The molecule has 0 fully saturated rings. The van der Waals surface area contributed by atoms with Crippen molar-refractivity contribution in [3.8, 4) is 0 Å². The van der Waals surface area contributed by atoms with Crippen molar-refractivity contribution < 1.29 is 23.1 Å². The molecule has 1 rings (SSSR count). The largest absolute Gasteiger partial charge is 0.419 e. The van der Waals surface area contributed by atoms with Gasteiger partial charge in [-0.3, -0.25) is 0 Å². The zero-order chi connectivity index (χ0) is 15.9. The van der Waals surface area contributed by atoms with Gasteiger partial charge in [0.1, 0.15) is 11.7 Å². The molecule has 118 valence electrons. The van der Waals surface area contributed by atoms with Crippen molar-refractivity contribution in [3.05, 3.63) is 23.9 Å². The molecule has 0 saturated heterocycles. The first kappa shape index (κ1) is 17.0. The molecule has 0 aliphatic rings. The van der Waals surface area contributed by atoms with Crippen molar-refractivity contribution in [1.82, 2.24) is 4.98 Å². The van der Waals surface area contributed by atoms with Crippen LogP contribution in [0.1, 0.15) is 12.0 Å². The number of aromatic nitrogens is 1. The van der Waals surface area contributed by atoms with Gasteiger partial charge in [0.15, 0.2) is 0 Å². The highest BCUT2D eigenvalue weighted by atomic mass is 19.4. The third-order valence-electron chi connectivity index (χ3n) is 2.72. The second-order valence-corrected chi connectivity index (χ2v) is 4.19. The van der Waals surface area contributed by atoms with E-state index in [2.05, 4.69) is 10.1 Å². The van der Waals surface area contributed by atoms with E-state index in [1.54, 1.807) is 0 Å². The number of oxime groups is 1. The van der Waals surface area contributed by atoms with Gasteiger partial charge in [-0.1, -0.05) is 5.16 Å². The van der Waals surface area contributed by atoms with Crippen LogP contribution in [0.5, 0.6) is 0 Å². The molecule has 0 radical (unpaired) electrons. The second kappa shape index (κ2) is 7.67. The predicted octanol–water partition coefficient (Wildman–Crippen LogP) is 1.69. The number of nitrogens with two attached hydrogens (primary N) is 1. The summed E-state index contributed by atoms with van der Waals surface area (Å²) in [6.45, 7) is 0.554. The van der Waals surface area contributed by atoms with Crippen LogP contribution < -0.4 is 10.6 Å². The van der Waals surface area contributed by atoms with Gasteiger partial charge < -0.3 is 20.6 Å². The SMILES string of the molecule is COCCN(CCC(N)=NO)c1ncccc1C(F)(F)F. The predicted molar refractivity (Wildman–Crippen MR) is 71.4 cm³/mol. The van der Waals surface area contributed by atoms with Crippen molar-refractivity contribution in [2.45, 2.75) is 12.6 Å². The zero-order valence-electron chi connectivity index (χ0n) is 11.5. The van der Waals surface area contributed by atoms with Gasteiger partial charge in [0, 0.05) is 32.8 Å². The van der Waals surface area contributed by atoms with E-state index in [-0.39, 0.29) is 37.8 Å². The molecular formula is C12H17F3N4O2. The molecule has 0 unspecified atom stereocenters. The Morgan fingerprint density at radius 1 is 1.48 bits per heavy atom. The molecule has 1 aromatic rings. The fourth-order valence-corrected chi connectivity index (χ4v) is 1.69. The number of amidine groups is 1. The lowest BCUT2D eigenvalue weighted by atomic mass is 10.2. The molecule has 0 bridgehead atoms. The molecular weight excluding hydrogens is 289 g/mol. The van der Waals surface area contributed by atoms with E-state index in [9.17, 15) is 13.2 Å². The van der Waals surface area contributed by atoms with Crippen LogP contribution >= 0.6 is 0 Å². The first-order valence-electron chi connectivity index (χ1n) is 6.12. The van der Waals surface area contributed by atoms with E-state index in [1.807, 2.05) is 0 Å². The Hall–Kier alpha value is -2.03. The van der Waals surface area contributed by atoms with Crippen LogP contribution in [0.25, 0.3) is 0 Å². The number of anilines is 1. The molecule has 1 heterocycles. The first-order valence-corrected chi connectivity index (χ1v) is 6.12. The number of nitrogens with zero attached hydrogens (tertiary/aromatic N) is 3. The van der Waals surface area contributed by atoms with Crippen molar-refractivity contribution in [1.29, 1.82) is 0 Å². The average molecular weight is 306 g/mol. The molecule has 9 heteroatoms. The van der Waals surface area contributed by atoms with Gasteiger partial charge in [0.2, 0.25) is 0 Å². The maximum Gasteiger partial charge on any atom is 0.419 e. The van der Waals surface area contributed by atoms with Crippen molar-refractivity contribution in [3.63, 3.8) is 0 Å². The molecule has 0 atom stereocenters. The van der Waals surface area contributed by atoms with Crippen LogP contribution in [-0.4, -0.2) is 42.8 Å². The number of pyridine rings is 1. The number of alkyl halides is 3. The van der Waals surface area contributed by atoms with Gasteiger partial charge in [-0.05, 0) is 12.1 Å². The summed E-state index contributed by atoms with van der Waals surface area (Å²) in [6.07, 6.45) is -3.12. The minimum absolute atomic E-state index is 0.0677. The van der Waals surface area contributed by atoms with Gasteiger partial charge in [-0.15, -0.1) is 0 Å². The Labute approximate surface area is 120 Å². The van der Waals surface area contributed by atoms with Crippen LogP contribution in [0.2, 0.25) is 0 Å². The summed E-state index contributed by atoms with van der Waals surface area (Å²) in [6, 6.07) is 2.19. The molecule has 0 saturated carbocycles. The number of rotatable bonds is 7. The molecule has 0 aromatic carbocycles. The van der Waals surface area contributed by atoms with Gasteiger partial charge in [0.25, 0.3) is 0 Å². The maximum atomic E-state index is 13.0. The van der Waals surface area contributed by atoms with Crippen LogP contribution in [0, 0.1) is 0 Å². The first-order chi connectivity index (χ1) is 9.90. The molecule has 6 nitrogen and oxygen atoms in total. The fourth-order valence-electron chi connectivity index (χ4n) is 1.69. The van der Waals surface area contributed by atoms with E-state index < -0.39 is 11.7 Å². The quantitative estimate of drug-likeness (QED) is 0.347. The van der Waals surface area contributed by atoms with E-state index in [4.69, 9.17) is 15.7 Å². The van der Waals surface area contributed by atoms with E-state index in [0.29, 0.717) is 0 Å². The number of methoxy groups -OCH3 is 1. The van der Waals surface area contributed by atoms with Crippen LogP contribution in [0.3, 0.4) is 0 Å². The molecule has 21 heavy (non-hydrogen) atoms. The highest BCUT2D eigenvalue weighted by Crippen LogP contribution is 2.35. The second-order valence-electron chi connectivity index (χ2n) is 4.19. The fraction of sp³-hybridized carbons (Fsp3) is 0.500. The molecule has 0 spiro atoms. The zero-order valence-corrected chi connectivity index (χ0v) is 11.5. The van der Waals surface area contributed by atoms with Gasteiger partial charge in [-0.25, -0.2) is 4.98 Å². The molecule has 0 aliphatic carbocycles. The average Bonchev–Trinajstić information content (AvgIpc) is 2.46. The van der Waals surface area contributed by atoms with Gasteiger partial charge in [0.05, 0.1) is 12.2 Å². The topological polar surface area (TPSA) is 84.0 Å². The van der Waals surface area contributed by atoms with Crippen LogP contribution in [0.4, 0.5) is 19.0 Å². The Bertz CT molecular complexity index is 480. The van der Waals surface area contributed by atoms with Crippen molar-refractivity contribution >= 4 is 11.7 Å². The van der Waals surface area contributed by atoms with Crippen LogP contribution in [0.15, 0.2) is 23.5 Å². The summed E-state index contributed by atoms with van der Waals surface area (Å²) in [5.41, 5.74) is 4.52. The number of hydrogen-bond acceptors (Lipinski definition) is 5. The maximum absolute atomic E-state index is 13.0. The molecule has 0 aliphatic heterocycles. The lowest BCUT2D eigenvalue weighted by Crippen LogP contribution is -2.33. The highest BCUT2D eigenvalue weighted by molar-refractivity contribution is 5.80. The molecule has 3 N–H and O–H groups in total. The standard InChI is InChI=1S/C12H17F3N4O2/c1-21-8-7-19(6-4-10(16)18-20)11-9(12(13,14)15)3-2-5-17-11/h2-3,5,20H,4,6-8H2,1H3,(H2,16,18). The van der Waals surface area contributed by atoms with E-state index >= 15 is 0 Å². The summed E-state index contributed by atoms with van der Waals surface area (Å²) in [4.78, 5) is 5.20.